The number of halogens is 3. The van der Waals surface area contributed by atoms with Crippen molar-refractivity contribution in [3.05, 3.63) is 53.9 Å². The first-order valence-corrected chi connectivity index (χ1v) is 6.85. The minimum Gasteiger partial charge on any atom is -0.348 e. The Bertz CT molecular complexity index is 622. The highest BCUT2D eigenvalue weighted by Gasteiger charge is 2.33. The monoisotopic (exact) mass is 311 g/mol. The number of hydrogen-bond donors (Lipinski definition) is 1. The zero-order valence-electron chi connectivity index (χ0n) is 12.0. The third-order valence-corrected chi connectivity index (χ3v) is 3.18. The first-order valence-electron chi connectivity index (χ1n) is 6.85. The van der Waals surface area contributed by atoms with E-state index in [0.29, 0.717) is 6.42 Å². The van der Waals surface area contributed by atoms with Crippen LogP contribution in [0.5, 0.6) is 0 Å². The van der Waals surface area contributed by atoms with E-state index >= 15 is 0 Å². The van der Waals surface area contributed by atoms with Gasteiger partial charge < -0.3 is 5.32 Å². The van der Waals surface area contributed by atoms with Gasteiger partial charge in [-0.05, 0) is 18.1 Å². The van der Waals surface area contributed by atoms with Crippen LogP contribution in [0.2, 0.25) is 0 Å². The molecule has 2 rings (SSSR count). The third-order valence-electron chi connectivity index (χ3n) is 3.18. The maximum atomic E-state index is 12.4. The lowest BCUT2D eigenvalue weighted by molar-refractivity contribution is -0.141. The smallest absolute Gasteiger partial charge is 0.348 e. The van der Waals surface area contributed by atoms with Crippen LogP contribution in [0, 0.1) is 0 Å². The van der Waals surface area contributed by atoms with Gasteiger partial charge in [-0.3, -0.25) is 9.48 Å². The normalized spacial score (nSPS) is 12.9. The Morgan fingerprint density at radius 2 is 1.95 bits per heavy atom. The molecule has 1 amide bonds. The maximum absolute atomic E-state index is 12.4. The summed E-state index contributed by atoms with van der Waals surface area (Å²) >= 11 is 0. The number of nitrogens with one attached hydrogen (secondary N) is 1. The van der Waals surface area contributed by atoms with Crippen molar-refractivity contribution in [2.45, 2.75) is 32.1 Å². The predicted molar refractivity (Wildman–Crippen MR) is 74.8 cm³/mol. The van der Waals surface area contributed by atoms with E-state index in [4.69, 9.17) is 0 Å². The Kier molecular flexibility index (Phi) is 4.85. The lowest BCUT2D eigenvalue weighted by atomic mass is 10.0. The summed E-state index contributed by atoms with van der Waals surface area (Å²) in [7, 11) is 0. The van der Waals surface area contributed by atoms with Crippen LogP contribution in [-0.4, -0.2) is 15.7 Å². The second kappa shape index (κ2) is 6.64. The number of nitrogens with zero attached hydrogens (tertiary/aromatic N) is 2. The van der Waals surface area contributed by atoms with Gasteiger partial charge in [-0.15, -0.1) is 0 Å². The molecule has 1 heterocycles. The molecule has 1 atom stereocenters. The van der Waals surface area contributed by atoms with Gasteiger partial charge in [0.2, 0.25) is 5.91 Å². The summed E-state index contributed by atoms with van der Waals surface area (Å²) in [4.78, 5) is 12.0. The third kappa shape index (κ3) is 4.09. The Morgan fingerprint density at radius 3 is 2.50 bits per heavy atom. The average Bonchev–Trinajstić information content (AvgIpc) is 2.94. The molecule has 22 heavy (non-hydrogen) atoms. The van der Waals surface area contributed by atoms with Crippen molar-refractivity contribution in [1.82, 2.24) is 15.1 Å². The molecule has 0 bridgehead atoms. The van der Waals surface area contributed by atoms with Crippen molar-refractivity contribution in [3.8, 4) is 0 Å². The molecule has 0 aliphatic rings. The van der Waals surface area contributed by atoms with Crippen molar-refractivity contribution >= 4 is 5.91 Å². The van der Waals surface area contributed by atoms with E-state index in [-0.39, 0.29) is 18.5 Å². The molecule has 4 nitrogen and oxygen atoms in total. The second-order valence-corrected chi connectivity index (χ2v) is 4.84. The highest BCUT2D eigenvalue weighted by molar-refractivity contribution is 5.76. The predicted octanol–water partition coefficient (Wildman–Crippen LogP) is 3.17. The standard InChI is InChI=1S/C15H16F3N3O/c1-2-12(11-6-4-3-5-7-11)19-14(22)10-21-9-8-13(20-21)15(16,17)18/h3-9,12H,2,10H2,1H3,(H,19,22). The van der Waals surface area contributed by atoms with Crippen LogP contribution in [0.1, 0.15) is 30.6 Å². The summed E-state index contributed by atoms with van der Waals surface area (Å²) in [5.41, 5.74) is -0.0507. The van der Waals surface area contributed by atoms with E-state index in [9.17, 15) is 18.0 Å². The lowest BCUT2D eigenvalue weighted by Gasteiger charge is -2.17. The molecule has 0 radical (unpaired) electrons. The van der Waals surface area contributed by atoms with Gasteiger partial charge in [0.25, 0.3) is 0 Å². The minimum absolute atomic E-state index is 0.175. The summed E-state index contributed by atoms with van der Waals surface area (Å²) in [6.07, 6.45) is -2.67. The summed E-state index contributed by atoms with van der Waals surface area (Å²) in [6, 6.07) is 10.1. The summed E-state index contributed by atoms with van der Waals surface area (Å²) in [5.74, 6) is -0.382. The number of carbonyl (C=O) groups is 1. The Labute approximate surface area is 125 Å². The Hall–Kier alpha value is -2.31. The van der Waals surface area contributed by atoms with Gasteiger partial charge in [0, 0.05) is 6.20 Å². The molecule has 0 saturated carbocycles. The van der Waals surface area contributed by atoms with Crippen LogP contribution in [0.3, 0.4) is 0 Å². The van der Waals surface area contributed by atoms with Gasteiger partial charge in [0.15, 0.2) is 5.69 Å². The fraction of sp³-hybridized carbons (Fsp3) is 0.333. The van der Waals surface area contributed by atoms with E-state index in [1.165, 1.54) is 0 Å². The van der Waals surface area contributed by atoms with E-state index < -0.39 is 11.9 Å². The van der Waals surface area contributed by atoms with E-state index in [1.54, 1.807) is 0 Å². The number of alkyl halides is 3. The molecular weight excluding hydrogens is 295 g/mol. The topological polar surface area (TPSA) is 46.9 Å². The van der Waals surface area contributed by atoms with E-state index in [1.807, 2.05) is 37.3 Å². The number of aromatic nitrogens is 2. The highest BCUT2D eigenvalue weighted by atomic mass is 19.4. The summed E-state index contributed by atoms with van der Waals surface area (Å²) in [5, 5.41) is 6.16. The van der Waals surface area contributed by atoms with Gasteiger partial charge in [-0.2, -0.15) is 18.3 Å². The zero-order valence-corrected chi connectivity index (χ0v) is 12.0. The van der Waals surface area contributed by atoms with Crippen molar-refractivity contribution in [2.24, 2.45) is 0 Å². The Morgan fingerprint density at radius 1 is 1.27 bits per heavy atom. The van der Waals surface area contributed by atoms with Crippen LogP contribution in [0.25, 0.3) is 0 Å². The van der Waals surface area contributed by atoms with Gasteiger partial charge >= 0.3 is 6.18 Å². The van der Waals surface area contributed by atoms with Gasteiger partial charge in [-0.25, -0.2) is 0 Å². The van der Waals surface area contributed by atoms with Crippen LogP contribution < -0.4 is 5.32 Å². The van der Waals surface area contributed by atoms with E-state index in [0.717, 1.165) is 22.5 Å². The fourth-order valence-electron chi connectivity index (χ4n) is 2.09. The SMILES string of the molecule is CCC(NC(=O)Cn1ccc(C(F)(F)F)n1)c1ccccc1. The molecule has 0 fully saturated rings. The summed E-state index contributed by atoms with van der Waals surface area (Å²) < 4.78 is 38.3. The van der Waals surface area contributed by atoms with E-state index in [2.05, 4.69) is 10.4 Å². The lowest BCUT2D eigenvalue weighted by Crippen LogP contribution is -2.31. The number of amides is 1. The van der Waals surface area contributed by atoms with Crippen molar-refractivity contribution in [2.75, 3.05) is 0 Å². The average molecular weight is 311 g/mol. The Balaban J connectivity index is 1.99. The van der Waals surface area contributed by atoms with Crippen molar-refractivity contribution in [3.63, 3.8) is 0 Å². The molecule has 7 heteroatoms. The highest BCUT2D eigenvalue weighted by Crippen LogP contribution is 2.27. The number of benzene rings is 1. The number of hydrogen-bond acceptors (Lipinski definition) is 2. The maximum Gasteiger partial charge on any atom is 0.435 e. The van der Waals surface area contributed by atoms with Gasteiger partial charge in [0.05, 0.1) is 6.04 Å². The van der Waals surface area contributed by atoms with Crippen LogP contribution in [0.4, 0.5) is 13.2 Å². The molecule has 1 aromatic heterocycles. The van der Waals surface area contributed by atoms with Crippen LogP contribution >= 0.6 is 0 Å². The molecule has 118 valence electrons. The quantitative estimate of drug-likeness (QED) is 0.922. The minimum atomic E-state index is -4.50. The molecule has 0 aliphatic carbocycles. The molecule has 2 aromatic rings. The van der Waals surface area contributed by atoms with Crippen molar-refractivity contribution in [1.29, 1.82) is 0 Å². The fourth-order valence-corrected chi connectivity index (χ4v) is 2.09. The molecule has 1 aromatic carbocycles. The van der Waals surface area contributed by atoms with Crippen molar-refractivity contribution < 1.29 is 18.0 Å². The van der Waals surface area contributed by atoms with Gasteiger partial charge in [0.1, 0.15) is 6.54 Å². The number of rotatable bonds is 5. The second-order valence-electron chi connectivity index (χ2n) is 4.84. The first kappa shape index (κ1) is 16.1. The molecule has 0 spiro atoms. The van der Waals surface area contributed by atoms with Gasteiger partial charge in [-0.1, -0.05) is 37.3 Å². The molecule has 1 unspecified atom stereocenters. The molecular formula is C15H16F3N3O. The zero-order chi connectivity index (χ0) is 16.2. The number of carbonyl (C=O) groups excluding carboxylic acids is 1. The first-order chi connectivity index (χ1) is 10.4. The van der Waals surface area contributed by atoms with Crippen LogP contribution in [-0.2, 0) is 17.5 Å². The summed E-state index contributed by atoms with van der Waals surface area (Å²) in [6.45, 7) is 1.67. The molecule has 0 saturated heterocycles. The molecule has 1 N–H and O–H groups in total. The van der Waals surface area contributed by atoms with Crippen LogP contribution in [0.15, 0.2) is 42.6 Å². The molecule has 0 aliphatic heterocycles. The largest absolute Gasteiger partial charge is 0.435 e.